The van der Waals surface area contributed by atoms with Crippen molar-refractivity contribution in [2.24, 2.45) is 11.7 Å². The number of hydrogen-bond acceptors (Lipinski definition) is 3. The number of nitrogens with two attached hydrogens (primary N) is 1. The second kappa shape index (κ2) is 5.96. The van der Waals surface area contributed by atoms with Crippen LogP contribution in [-0.2, 0) is 6.54 Å². The number of aromatic nitrogens is 2. The van der Waals surface area contributed by atoms with Crippen LogP contribution in [0.15, 0.2) is 24.5 Å². The number of primary amides is 1. The van der Waals surface area contributed by atoms with Crippen molar-refractivity contribution in [1.29, 1.82) is 0 Å². The first kappa shape index (κ1) is 15.2. The van der Waals surface area contributed by atoms with Gasteiger partial charge < -0.3 is 15.0 Å². The van der Waals surface area contributed by atoms with E-state index in [0.29, 0.717) is 18.2 Å². The first-order chi connectivity index (χ1) is 11.7. The number of carbonyl (C=O) groups is 1. The first-order valence-electron chi connectivity index (χ1n) is 8.85. The van der Waals surface area contributed by atoms with Gasteiger partial charge in [-0.15, -0.1) is 0 Å². The van der Waals surface area contributed by atoms with Gasteiger partial charge in [0.2, 0.25) is 0 Å². The van der Waals surface area contributed by atoms with Gasteiger partial charge in [0.25, 0.3) is 5.91 Å². The minimum atomic E-state index is -0.385. The number of hydrogen-bond donors (Lipinski definition) is 1. The van der Waals surface area contributed by atoms with E-state index in [-0.39, 0.29) is 12.0 Å². The third kappa shape index (κ3) is 2.30. The van der Waals surface area contributed by atoms with Crippen molar-refractivity contribution in [3.05, 3.63) is 35.8 Å². The maximum absolute atomic E-state index is 11.9. The fourth-order valence-electron chi connectivity index (χ4n) is 4.28. The molecule has 1 unspecified atom stereocenters. The first-order valence-corrected chi connectivity index (χ1v) is 8.85. The Hall–Kier alpha value is -2.30. The van der Waals surface area contributed by atoms with E-state index in [9.17, 15) is 4.79 Å². The number of fused-ring (bicyclic) bond motifs is 3. The van der Waals surface area contributed by atoms with Crippen molar-refractivity contribution in [2.45, 2.75) is 51.7 Å². The molecule has 5 nitrogen and oxygen atoms in total. The molecule has 2 aliphatic rings. The van der Waals surface area contributed by atoms with Crippen molar-refractivity contribution in [3.63, 3.8) is 0 Å². The molecule has 1 atom stereocenters. The van der Waals surface area contributed by atoms with Gasteiger partial charge in [0.15, 0.2) is 0 Å². The predicted molar refractivity (Wildman–Crippen MR) is 91.8 cm³/mol. The SMILES string of the molecule is CCn1c(C(N)=O)cc2c1-c1ccncc1OC2C1CCCCC1. The molecule has 0 spiro atoms. The number of nitrogens with zero attached hydrogens (tertiary/aromatic N) is 2. The second-order valence-electron chi connectivity index (χ2n) is 6.75. The van der Waals surface area contributed by atoms with E-state index in [2.05, 4.69) is 4.98 Å². The summed E-state index contributed by atoms with van der Waals surface area (Å²) in [5.74, 6) is 0.910. The minimum Gasteiger partial charge on any atom is -0.483 e. The molecule has 2 N–H and O–H groups in total. The lowest BCUT2D eigenvalue weighted by molar-refractivity contribution is 0.0991. The maximum atomic E-state index is 11.9. The van der Waals surface area contributed by atoms with Gasteiger partial charge in [0.05, 0.1) is 11.9 Å². The molecular weight excluding hydrogens is 302 g/mol. The summed E-state index contributed by atoms with van der Waals surface area (Å²) in [5.41, 5.74) is 9.38. The lowest BCUT2D eigenvalue weighted by Crippen LogP contribution is -2.24. The molecule has 0 aromatic carbocycles. The summed E-state index contributed by atoms with van der Waals surface area (Å²) in [4.78, 5) is 16.2. The minimum absolute atomic E-state index is 0.0112. The molecule has 2 aromatic rings. The zero-order valence-electron chi connectivity index (χ0n) is 14.0. The standard InChI is InChI=1S/C19H23N3O2/c1-2-22-15(19(20)23)10-14-17(22)13-8-9-21-11-16(13)24-18(14)12-6-4-3-5-7-12/h8-12,18H,2-7H2,1H3,(H2,20,23). The molecule has 4 rings (SSSR count). The Labute approximate surface area is 141 Å². The average Bonchev–Trinajstić information content (AvgIpc) is 3.02. The molecule has 0 radical (unpaired) electrons. The van der Waals surface area contributed by atoms with Gasteiger partial charge in [0, 0.05) is 29.8 Å². The third-order valence-electron chi connectivity index (χ3n) is 5.37. The Bertz CT molecular complexity index is 775. The van der Waals surface area contributed by atoms with Crippen molar-refractivity contribution in [3.8, 4) is 17.0 Å². The molecule has 24 heavy (non-hydrogen) atoms. The van der Waals surface area contributed by atoms with Crippen LogP contribution in [0.25, 0.3) is 11.3 Å². The molecule has 1 aliphatic carbocycles. The molecule has 126 valence electrons. The third-order valence-corrected chi connectivity index (χ3v) is 5.37. The number of carbonyl (C=O) groups excluding carboxylic acids is 1. The molecule has 3 heterocycles. The number of pyridine rings is 1. The van der Waals surface area contributed by atoms with E-state index in [0.717, 1.165) is 22.6 Å². The van der Waals surface area contributed by atoms with Crippen LogP contribution in [0.4, 0.5) is 0 Å². The number of amides is 1. The Kier molecular flexibility index (Phi) is 3.79. The fraction of sp³-hybridized carbons (Fsp3) is 0.474. The van der Waals surface area contributed by atoms with Crippen LogP contribution in [0.3, 0.4) is 0 Å². The highest BCUT2D eigenvalue weighted by molar-refractivity contribution is 5.93. The van der Waals surface area contributed by atoms with E-state index in [1.165, 1.54) is 32.1 Å². The van der Waals surface area contributed by atoms with Crippen LogP contribution in [0.1, 0.15) is 61.2 Å². The van der Waals surface area contributed by atoms with Crippen LogP contribution in [-0.4, -0.2) is 15.5 Å². The van der Waals surface area contributed by atoms with Crippen LogP contribution >= 0.6 is 0 Å². The number of ether oxygens (including phenoxy) is 1. The summed E-state index contributed by atoms with van der Waals surface area (Å²) < 4.78 is 8.39. The van der Waals surface area contributed by atoms with Gasteiger partial charge in [0.1, 0.15) is 17.5 Å². The van der Waals surface area contributed by atoms with E-state index in [4.69, 9.17) is 10.5 Å². The quantitative estimate of drug-likeness (QED) is 0.935. The monoisotopic (exact) mass is 325 g/mol. The summed E-state index contributed by atoms with van der Waals surface area (Å²) in [6, 6.07) is 3.91. The molecule has 1 saturated carbocycles. The van der Waals surface area contributed by atoms with Gasteiger partial charge in [-0.2, -0.15) is 0 Å². The average molecular weight is 325 g/mol. The maximum Gasteiger partial charge on any atom is 0.265 e. The Morgan fingerprint density at radius 3 is 2.88 bits per heavy atom. The van der Waals surface area contributed by atoms with Crippen LogP contribution in [0.5, 0.6) is 5.75 Å². The van der Waals surface area contributed by atoms with Crippen molar-refractivity contribution < 1.29 is 9.53 Å². The topological polar surface area (TPSA) is 70.1 Å². The molecule has 1 fully saturated rings. The van der Waals surface area contributed by atoms with Crippen LogP contribution < -0.4 is 10.5 Å². The van der Waals surface area contributed by atoms with Crippen molar-refractivity contribution >= 4 is 5.91 Å². The summed E-state index contributed by atoms with van der Waals surface area (Å²) >= 11 is 0. The Balaban J connectivity index is 1.90. The molecule has 5 heteroatoms. The Morgan fingerprint density at radius 2 is 2.17 bits per heavy atom. The van der Waals surface area contributed by atoms with Crippen molar-refractivity contribution in [1.82, 2.24) is 9.55 Å². The van der Waals surface area contributed by atoms with Gasteiger partial charge >= 0.3 is 0 Å². The largest absolute Gasteiger partial charge is 0.483 e. The highest BCUT2D eigenvalue weighted by Crippen LogP contribution is 2.48. The van der Waals surface area contributed by atoms with E-state index >= 15 is 0 Å². The van der Waals surface area contributed by atoms with Crippen molar-refractivity contribution in [2.75, 3.05) is 0 Å². The van der Waals surface area contributed by atoms with Gasteiger partial charge in [-0.1, -0.05) is 19.3 Å². The molecule has 1 aliphatic heterocycles. The predicted octanol–water partition coefficient (Wildman–Crippen LogP) is 3.68. The summed E-state index contributed by atoms with van der Waals surface area (Å²) in [6.07, 6.45) is 9.67. The summed E-state index contributed by atoms with van der Waals surface area (Å²) in [6.45, 7) is 2.74. The number of rotatable bonds is 3. The zero-order valence-corrected chi connectivity index (χ0v) is 14.0. The highest BCUT2D eigenvalue weighted by atomic mass is 16.5. The van der Waals surface area contributed by atoms with Crippen LogP contribution in [0.2, 0.25) is 0 Å². The molecule has 0 bridgehead atoms. The van der Waals surface area contributed by atoms with E-state index in [1.807, 2.05) is 23.6 Å². The zero-order chi connectivity index (χ0) is 16.7. The van der Waals surface area contributed by atoms with E-state index < -0.39 is 0 Å². The Morgan fingerprint density at radius 1 is 1.38 bits per heavy atom. The van der Waals surface area contributed by atoms with Gasteiger partial charge in [-0.05, 0) is 31.9 Å². The van der Waals surface area contributed by atoms with Crippen LogP contribution in [0, 0.1) is 5.92 Å². The summed E-state index contributed by atoms with van der Waals surface area (Å²) in [7, 11) is 0. The lowest BCUT2D eigenvalue weighted by atomic mass is 9.81. The fourth-order valence-corrected chi connectivity index (χ4v) is 4.28. The molecular formula is C19H23N3O2. The molecule has 1 amide bonds. The second-order valence-corrected chi connectivity index (χ2v) is 6.75. The smallest absolute Gasteiger partial charge is 0.265 e. The highest BCUT2D eigenvalue weighted by Gasteiger charge is 2.36. The van der Waals surface area contributed by atoms with Gasteiger partial charge in [-0.25, -0.2) is 0 Å². The lowest BCUT2D eigenvalue weighted by Gasteiger charge is -2.34. The van der Waals surface area contributed by atoms with Gasteiger partial charge in [-0.3, -0.25) is 9.78 Å². The molecule has 0 saturated heterocycles. The normalized spacial score (nSPS) is 20.1. The molecule has 2 aromatic heterocycles. The van der Waals surface area contributed by atoms with E-state index in [1.54, 1.807) is 12.4 Å². The summed E-state index contributed by atoms with van der Waals surface area (Å²) in [5, 5.41) is 0.